The van der Waals surface area contributed by atoms with E-state index >= 15 is 0 Å². The first-order valence-electron chi connectivity index (χ1n) is 11.7. The number of hydrogen-bond acceptors (Lipinski definition) is 0. The van der Waals surface area contributed by atoms with E-state index in [1.165, 1.54) is 67.8 Å². The first-order chi connectivity index (χ1) is 15.2. The smallest absolute Gasteiger partial charge is 0.00526 e. The quantitative estimate of drug-likeness (QED) is 0.261. The van der Waals surface area contributed by atoms with Crippen molar-refractivity contribution in [3.8, 4) is 0 Å². The van der Waals surface area contributed by atoms with Gasteiger partial charge in [0, 0.05) is 11.1 Å². The molecule has 2 aliphatic rings. The average molecular weight is 401 g/mol. The van der Waals surface area contributed by atoms with Gasteiger partial charge in [-0.25, -0.2) is 0 Å². The third-order valence-corrected chi connectivity index (χ3v) is 7.52. The summed E-state index contributed by atoms with van der Waals surface area (Å²) < 4.78 is 0. The van der Waals surface area contributed by atoms with Crippen molar-refractivity contribution in [3.05, 3.63) is 101 Å². The van der Waals surface area contributed by atoms with Gasteiger partial charge in [0.05, 0.1) is 0 Å². The van der Waals surface area contributed by atoms with Crippen LogP contribution >= 0.6 is 0 Å². The Bertz CT molecular complexity index is 1290. The predicted molar refractivity (Wildman–Crippen MR) is 133 cm³/mol. The second-order valence-corrected chi connectivity index (χ2v) is 9.47. The van der Waals surface area contributed by atoms with Crippen molar-refractivity contribution in [1.29, 1.82) is 0 Å². The van der Waals surface area contributed by atoms with Crippen molar-refractivity contribution >= 4 is 32.7 Å². The molecule has 0 radical (unpaired) electrons. The van der Waals surface area contributed by atoms with Crippen LogP contribution in [0.4, 0.5) is 0 Å². The van der Waals surface area contributed by atoms with Gasteiger partial charge in [-0.1, -0.05) is 86.6 Å². The molecular formula is C31H28. The first kappa shape index (κ1) is 18.7. The summed E-state index contributed by atoms with van der Waals surface area (Å²) in [4.78, 5) is 0. The van der Waals surface area contributed by atoms with Crippen LogP contribution in [0.25, 0.3) is 32.7 Å². The van der Waals surface area contributed by atoms with E-state index in [2.05, 4.69) is 92.4 Å². The molecule has 0 nitrogen and oxygen atoms in total. The number of fused-ring (bicyclic) bond motifs is 6. The molecule has 0 unspecified atom stereocenters. The highest BCUT2D eigenvalue weighted by atomic mass is 14.3. The minimum absolute atomic E-state index is 0.526. The summed E-state index contributed by atoms with van der Waals surface area (Å²) in [6, 6.07) is 27.0. The Morgan fingerprint density at radius 2 is 1.03 bits per heavy atom. The minimum Gasteiger partial charge on any atom is -0.112 e. The molecule has 0 aromatic heterocycles. The van der Waals surface area contributed by atoms with E-state index in [-0.39, 0.29) is 0 Å². The van der Waals surface area contributed by atoms with Gasteiger partial charge in [-0.05, 0) is 81.3 Å². The lowest BCUT2D eigenvalue weighted by atomic mass is 9.75. The molecule has 2 aliphatic carbocycles. The molecule has 6 rings (SSSR count). The van der Waals surface area contributed by atoms with Crippen molar-refractivity contribution in [1.82, 2.24) is 0 Å². The Balaban J connectivity index is 1.72. The molecule has 0 aliphatic heterocycles. The first-order valence-corrected chi connectivity index (χ1v) is 11.7. The average Bonchev–Trinajstić information content (AvgIpc) is 2.81. The summed E-state index contributed by atoms with van der Waals surface area (Å²) in [5.74, 6) is 1.05. The maximum absolute atomic E-state index is 4.09. The van der Waals surface area contributed by atoms with Gasteiger partial charge in [-0.15, -0.1) is 5.73 Å². The van der Waals surface area contributed by atoms with Gasteiger partial charge in [-0.3, -0.25) is 0 Å². The van der Waals surface area contributed by atoms with Gasteiger partial charge in [0.25, 0.3) is 0 Å². The molecule has 152 valence electrons. The summed E-state index contributed by atoms with van der Waals surface area (Å²) >= 11 is 0. The standard InChI is InChI=1S/C31H28/c1-20-11-13-24-17-15-22-7-3-5-9-26(22)30(24)28(20)19-29-21(2)12-14-25-18-16-23-8-4-6-10-27(23)31(25)29/h3-10,15-18,20-21H,11-14H2,1-2H3/t19?,20-,21-/m1/s1. The maximum atomic E-state index is 4.09. The second kappa shape index (κ2) is 7.26. The predicted octanol–water partition coefficient (Wildman–Crippen LogP) is 8.22. The molecule has 0 N–H and O–H groups in total. The number of rotatable bonds is 0. The fourth-order valence-electron chi connectivity index (χ4n) is 5.73. The lowest BCUT2D eigenvalue weighted by Crippen LogP contribution is -2.13. The van der Waals surface area contributed by atoms with Gasteiger partial charge < -0.3 is 0 Å². The molecule has 0 heteroatoms. The number of benzene rings is 4. The zero-order chi connectivity index (χ0) is 20.9. The van der Waals surface area contributed by atoms with Gasteiger partial charge in [0.1, 0.15) is 0 Å². The minimum atomic E-state index is 0.526. The van der Waals surface area contributed by atoms with Crippen molar-refractivity contribution in [2.45, 2.75) is 39.5 Å². The van der Waals surface area contributed by atoms with Crippen molar-refractivity contribution in [2.75, 3.05) is 0 Å². The highest BCUT2D eigenvalue weighted by molar-refractivity contribution is 6.00. The molecule has 0 fully saturated rings. The van der Waals surface area contributed by atoms with E-state index in [4.69, 9.17) is 0 Å². The third-order valence-electron chi connectivity index (χ3n) is 7.52. The van der Waals surface area contributed by atoms with E-state index in [1.54, 1.807) is 0 Å². The molecule has 0 saturated heterocycles. The summed E-state index contributed by atoms with van der Waals surface area (Å²) in [5, 5.41) is 5.44. The van der Waals surface area contributed by atoms with Crippen LogP contribution in [0.2, 0.25) is 0 Å². The van der Waals surface area contributed by atoms with E-state index < -0.39 is 0 Å². The van der Waals surface area contributed by atoms with E-state index in [0.717, 1.165) is 12.8 Å². The normalized spacial score (nSPS) is 20.5. The Kier molecular flexibility index (Phi) is 4.37. The third kappa shape index (κ3) is 2.98. The zero-order valence-electron chi connectivity index (χ0n) is 18.4. The van der Waals surface area contributed by atoms with Gasteiger partial charge in [-0.2, -0.15) is 0 Å². The Labute approximate surface area is 184 Å². The van der Waals surface area contributed by atoms with Crippen molar-refractivity contribution in [2.24, 2.45) is 11.8 Å². The number of aryl methyl sites for hydroxylation is 2. The van der Waals surface area contributed by atoms with Crippen LogP contribution in [0.15, 0.2) is 78.5 Å². The second-order valence-electron chi connectivity index (χ2n) is 9.47. The fraction of sp³-hybridized carbons (Fsp3) is 0.258. The molecular weight excluding hydrogens is 372 g/mol. The summed E-state index contributed by atoms with van der Waals surface area (Å²) in [6.45, 7) is 4.79. The SMILES string of the molecule is C[C@@H]1CCc2ccc3ccccc3c2C1=C=C1c2c(ccc3ccccc23)CC[C@H]1C. The van der Waals surface area contributed by atoms with Crippen LogP contribution in [0.5, 0.6) is 0 Å². The molecule has 4 aromatic carbocycles. The molecule has 31 heavy (non-hydrogen) atoms. The van der Waals surface area contributed by atoms with Crippen molar-refractivity contribution < 1.29 is 0 Å². The highest BCUT2D eigenvalue weighted by Crippen LogP contribution is 2.43. The van der Waals surface area contributed by atoms with Gasteiger partial charge >= 0.3 is 0 Å². The van der Waals surface area contributed by atoms with E-state index in [0.29, 0.717) is 11.8 Å². The molecule has 0 amide bonds. The monoisotopic (exact) mass is 400 g/mol. The van der Waals surface area contributed by atoms with Crippen LogP contribution < -0.4 is 0 Å². The molecule has 0 spiro atoms. The molecule has 2 atom stereocenters. The molecule has 0 saturated carbocycles. The van der Waals surface area contributed by atoms with Crippen LogP contribution in [0.1, 0.15) is 48.9 Å². The molecule has 0 heterocycles. The number of hydrogen-bond donors (Lipinski definition) is 0. The lowest BCUT2D eigenvalue weighted by Gasteiger charge is -2.28. The van der Waals surface area contributed by atoms with Gasteiger partial charge in [0.15, 0.2) is 0 Å². The highest BCUT2D eigenvalue weighted by Gasteiger charge is 2.26. The van der Waals surface area contributed by atoms with Gasteiger partial charge in [0.2, 0.25) is 0 Å². The Morgan fingerprint density at radius 1 is 0.581 bits per heavy atom. The van der Waals surface area contributed by atoms with Crippen molar-refractivity contribution in [3.63, 3.8) is 0 Å². The summed E-state index contributed by atoms with van der Waals surface area (Å²) in [5.41, 5.74) is 12.8. The Hall–Kier alpha value is -3.08. The zero-order valence-corrected chi connectivity index (χ0v) is 18.4. The largest absolute Gasteiger partial charge is 0.112 e. The van der Waals surface area contributed by atoms with Crippen LogP contribution in [-0.4, -0.2) is 0 Å². The Morgan fingerprint density at radius 3 is 1.52 bits per heavy atom. The fourth-order valence-corrected chi connectivity index (χ4v) is 5.73. The molecule has 4 aromatic rings. The van der Waals surface area contributed by atoms with Crippen LogP contribution in [-0.2, 0) is 12.8 Å². The molecule has 0 bridgehead atoms. The van der Waals surface area contributed by atoms with E-state index in [9.17, 15) is 0 Å². The topological polar surface area (TPSA) is 0 Å². The summed E-state index contributed by atoms with van der Waals surface area (Å²) in [6.07, 6.45) is 4.74. The summed E-state index contributed by atoms with van der Waals surface area (Å²) in [7, 11) is 0. The van der Waals surface area contributed by atoms with Crippen LogP contribution in [0.3, 0.4) is 0 Å². The number of allylic oxidation sites excluding steroid dienone is 1. The lowest BCUT2D eigenvalue weighted by molar-refractivity contribution is 0.637. The maximum Gasteiger partial charge on any atom is 0.00526 e. The van der Waals surface area contributed by atoms with Crippen LogP contribution in [0, 0.1) is 11.8 Å². The van der Waals surface area contributed by atoms with E-state index in [1.807, 2.05) is 0 Å².